The average Bonchev–Trinajstić information content (AvgIpc) is 2.85. The molecular formula is C28H30N2O5S. The van der Waals surface area contributed by atoms with Gasteiger partial charge in [0.05, 0.1) is 16.5 Å². The number of nitrogens with one attached hydrogen (secondary N) is 1. The lowest BCUT2D eigenvalue weighted by molar-refractivity contribution is -0.157. The maximum atomic E-state index is 12.8. The second-order valence-electron chi connectivity index (χ2n) is 9.22. The quantitative estimate of drug-likeness (QED) is 0.410. The van der Waals surface area contributed by atoms with Crippen LogP contribution in [-0.2, 0) is 32.5 Å². The number of hydrogen-bond donors (Lipinski definition) is 1. The van der Waals surface area contributed by atoms with Gasteiger partial charge in [0, 0.05) is 12.1 Å². The Morgan fingerprint density at radius 2 is 1.69 bits per heavy atom. The molecule has 0 aliphatic heterocycles. The third-order valence-electron chi connectivity index (χ3n) is 5.22. The molecule has 1 N–H and O–H groups in total. The van der Waals surface area contributed by atoms with Gasteiger partial charge in [0.25, 0.3) is 0 Å². The van der Waals surface area contributed by atoms with E-state index in [9.17, 15) is 18.5 Å². The largest absolute Gasteiger partial charge is 0.481 e. The maximum Gasteiger partial charge on any atom is 0.344 e. The van der Waals surface area contributed by atoms with Crippen molar-refractivity contribution in [1.82, 2.24) is 4.72 Å². The smallest absolute Gasteiger partial charge is 0.344 e. The SMILES string of the molecule is CCc1ccc(S(=O)(=O)NCc2ccc(OCC(=O)OC(C)(C)C)c(-c3cccc(C#N)c3)c2)cc1. The highest BCUT2D eigenvalue weighted by Gasteiger charge is 2.18. The van der Waals surface area contributed by atoms with E-state index in [1.807, 2.05) is 13.0 Å². The lowest BCUT2D eigenvalue weighted by Crippen LogP contribution is -2.27. The minimum Gasteiger partial charge on any atom is -0.481 e. The van der Waals surface area contributed by atoms with E-state index in [1.165, 1.54) is 0 Å². The van der Waals surface area contributed by atoms with Crippen molar-refractivity contribution in [3.63, 3.8) is 0 Å². The van der Waals surface area contributed by atoms with Gasteiger partial charge in [0.1, 0.15) is 11.4 Å². The highest BCUT2D eigenvalue weighted by molar-refractivity contribution is 7.89. The zero-order valence-electron chi connectivity index (χ0n) is 20.9. The second-order valence-corrected chi connectivity index (χ2v) is 11.0. The van der Waals surface area contributed by atoms with Crippen LogP contribution < -0.4 is 9.46 Å². The number of sulfonamides is 1. The first-order chi connectivity index (χ1) is 17.0. The number of nitriles is 1. The van der Waals surface area contributed by atoms with Crippen LogP contribution in [0.15, 0.2) is 71.6 Å². The predicted octanol–water partition coefficient (Wildman–Crippen LogP) is 4.99. The van der Waals surface area contributed by atoms with E-state index < -0.39 is 21.6 Å². The molecule has 3 rings (SSSR count). The lowest BCUT2D eigenvalue weighted by atomic mass is 10.00. The number of aryl methyl sites for hydroxylation is 1. The van der Waals surface area contributed by atoms with Gasteiger partial charge in [-0.25, -0.2) is 17.9 Å². The zero-order valence-corrected chi connectivity index (χ0v) is 21.7. The molecule has 188 valence electrons. The molecule has 0 saturated carbocycles. The minimum atomic E-state index is -3.71. The monoisotopic (exact) mass is 506 g/mol. The highest BCUT2D eigenvalue weighted by atomic mass is 32.2. The van der Waals surface area contributed by atoms with E-state index in [1.54, 1.807) is 81.4 Å². The summed E-state index contributed by atoms with van der Waals surface area (Å²) in [6, 6.07) is 21.0. The molecule has 0 unspecified atom stereocenters. The van der Waals surface area contributed by atoms with Gasteiger partial charge in [-0.2, -0.15) is 5.26 Å². The van der Waals surface area contributed by atoms with Crippen LogP contribution in [0.25, 0.3) is 11.1 Å². The molecule has 0 aliphatic rings. The molecule has 0 radical (unpaired) electrons. The summed E-state index contributed by atoms with van der Waals surface area (Å²) < 4.78 is 39.3. The van der Waals surface area contributed by atoms with Gasteiger partial charge in [-0.15, -0.1) is 0 Å². The molecule has 0 spiro atoms. The molecule has 0 aliphatic carbocycles. The third-order valence-corrected chi connectivity index (χ3v) is 6.64. The van der Waals surface area contributed by atoms with E-state index >= 15 is 0 Å². The Hall–Kier alpha value is -3.67. The highest BCUT2D eigenvalue weighted by Crippen LogP contribution is 2.32. The van der Waals surface area contributed by atoms with Gasteiger partial charge < -0.3 is 9.47 Å². The molecule has 3 aromatic carbocycles. The Morgan fingerprint density at radius 3 is 2.33 bits per heavy atom. The number of ether oxygens (including phenoxy) is 2. The molecule has 36 heavy (non-hydrogen) atoms. The van der Waals surface area contributed by atoms with Crippen molar-refractivity contribution in [3.8, 4) is 22.9 Å². The van der Waals surface area contributed by atoms with Crippen LogP contribution in [0, 0.1) is 11.3 Å². The van der Waals surface area contributed by atoms with Gasteiger partial charge in [-0.05, 0) is 80.3 Å². The third kappa shape index (κ3) is 7.41. The number of esters is 1. The predicted molar refractivity (Wildman–Crippen MR) is 138 cm³/mol. The van der Waals surface area contributed by atoms with Gasteiger partial charge in [-0.1, -0.05) is 37.3 Å². The van der Waals surface area contributed by atoms with Crippen LogP contribution in [0.3, 0.4) is 0 Å². The summed E-state index contributed by atoms with van der Waals surface area (Å²) in [5.74, 6) is -0.0946. The topological polar surface area (TPSA) is 105 Å². The summed E-state index contributed by atoms with van der Waals surface area (Å²) in [5.41, 5.74) is 2.90. The van der Waals surface area contributed by atoms with E-state index in [2.05, 4.69) is 10.8 Å². The Balaban J connectivity index is 1.85. The number of carbonyl (C=O) groups excluding carboxylic acids is 1. The van der Waals surface area contributed by atoms with Gasteiger partial charge >= 0.3 is 5.97 Å². The van der Waals surface area contributed by atoms with Crippen LogP contribution in [0.1, 0.15) is 44.4 Å². The summed E-state index contributed by atoms with van der Waals surface area (Å²) in [5, 5.41) is 9.31. The molecule has 0 amide bonds. The van der Waals surface area contributed by atoms with Crippen molar-refractivity contribution in [2.24, 2.45) is 0 Å². The second kappa shape index (κ2) is 11.4. The summed E-state index contributed by atoms with van der Waals surface area (Å²) in [4.78, 5) is 12.4. The molecule has 8 heteroatoms. The molecule has 0 fully saturated rings. The van der Waals surface area contributed by atoms with Crippen molar-refractivity contribution < 1.29 is 22.7 Å². The number of rotatable bonds is 9. The van der Waals surface area contributed by atoms with Crippen LogP contribution in [-0.4, -0.2) is 26.6 Å². The molecule has 0 heterocycles. The van der Waals surface area contributed by atoms with E-state index in [-0.39, 0.29) is 18.0 Å². The minimum absolute atomic E-state index is 0.0507. The summed E-state index contributed by atoms with van der Waals surface area (Å²) in [6.45, 7) is 7.09. The van der Waals surface area contributed by atoms with E-state index in [0.717, 1.165) is 12.0 Å². The molecule has 0 atom stereocenters. The average molecular weight is 507 g/mol. The lowest BCUT2D eigenvalue weighted by Gasteiger charge is -2.20. The van der Waals surface area contributed by atoms with Gasteiger partial charge in [0.15, 0.2) is 6.61 Å². The Morgan fingerprint density at radius 1 is 1.00 bits per heavy atom. The first kappa shape index (κ1) is 26.9. The van der Waals surface area contributed by atoms with Crippen molar-refractivity contribution in [2.75, 3.05) is 6.61 Å². The molecule has 3 aromatic rings. The number of benzene rings is 3. The Bertz CT molecular complexity index is 1370. The van der Waals surface area contributed by atoms with Crippen molar-refractivity contribution in [2.45, 2.75) is 51.2 Å². The fourth-order valence-electron chi connectivity index (χ4n) is 3.47. The number of hydrogen-bond acceptors (Lipinski definition) is 6. The first-order valence-corrected chi connectivity index (χ1v) is 13.1. The Kier molecular flexibility index (Phi) is 8.51. The van der Waals surface area contributed by atoms with Crippen LogP contribution in [0.2, 0.25) is 0 Å². The fourth-order valence-corrected chi connectivity index (χ4v) is 4.49. The normalized spacial score (nSPS) is 11.5. The molecule has 7 nitrogen and oxygen atoms in total. The molecule has 0 saturated heterocycles. The van der Waals surface area contributed by atoms with E-state index in [4.69, 9.17) is 9.47 Å². The van der Waals surface area contributed by atoms with E-state index in [0.29, 0.717) is 28.0 Å². The van der Waals surface area contributed by atoms with Crippen LogP contribution in [0.5, 0.6) is 5.75 Å². The van der Waals surface area contributed by atoms with Crippen molar-refractivity contribution >= 4 is 16.0 Å². The fraction of sp³-hybridized carbons (Fsp3) is 0.286. The summed E-state index contributed by atoms with van der Waals surface area (Å²) in [6.07, 6.45) is 0.825. The number of carbonyl (C=O) groups is 1. The van der Waals surface area contributed by atoms with Crippen LogP contribution >= 0.6 is 0 Å². The number of nitrogens with zero attached hydrogens (tertiary/aromatic N) is 1. The van der Waals surface area contributed by atoms with Gasteiger partial charge in [0.2, 0.25) is 10.0 Å². The molecular weight excluding hydrogens is 476 g/mol. The summed E-state index contributed by atoms with van der Waals surface area (Å²) >= 11 is 0. The Labute approximate surface area is 212 Å². The zero-order chi connectivity index (χ0) is 26.3. The van der Waals surface area contributed by atoms with Crippen molar-refractivity contribution in [3.05, 3.63) is 83.4 Å². The van der Waals surface area contributed by atoms with Crippen LogP contribution in [0.4, 0.5) is 0 Å². The van der Waals surface area contributed by atoms with Gasteiger partial charge in [-0.3, -0.25) is 0 Å². The molecule has 0 bridgehead atoms. The standard InChI is InChI=1S/C28H30N2O5S/c1-5-20-9-12-24(13-10-20)36(32,33)30-18-22-11-14-26(34-19-27(31)35-28(2,3)4)25(16-22)23-8-6-7-21(15-23)17-29/h6-16,30H,5,18-19H2,1-4H3. The first-order valence-electron chi connectivity index (χ1n) is 11.6. The molecule has 0 aromatic heterocycles. The maximum absolute atomic E-state index is 12.8. The summed E-state index contributed by atoms with van der Waals surface area (Å²) in [7, 11) is -3.71. The van der Waals surface area contributed by atoms with Crippen molar-refractivity contribution in [1.29, 1.82) is 5.26 Å².